The van der Waals surface area contributed by atoms with Crippen LogP contribution in [0.15, 0.2) is 77.7 Å². The Kier molecular flexibility index (Phi) is 7.46. The first-order chi connectivity index (χ1) is 16.7. The van der Waals surface area contributed by atoms with Crippen LogP contribution in [0.2, 0.25) is 5.02 Å². The van der Waals surface area contributed by atoms with E-state index < -0.39 is 20.9 Å². The third-order valence-corrected chi connectivity index (χ3v) is 7.96. The Balaban J connectivity index is 1.38. The number of nitro groups is 1. The maximum Gasteiger partial charge on any atom is 0.271 e. The van der Waals surface area contributed by atoms with Crippen molar-refractivity contribution >= 4 is 38.9 Å². The Hall–Kier alpha value is -3.31. The number of non-ortho nitro benzene ring substituents is 1. The highest BCUT2D eigenvalue weighted by atomic mass is 35.5. The van der Waals surface area contributed by atoms with Gasteiger partial charge in [-0.15, -0.1) is 0 Å². The number of hydrogen-bond acceptors (Lipinski definition) is 6. The third kappa shape index (κ3) is 5.85. The number of amides is 1. The Morgan fingerprint density at radius 2 is 1.69 bits per heavy atom. The van der Waals surface area contributed by atoms with Gasteiger partial charge in [0.2, 0.25) is 10.0 Å². The first-order valence-electron chi connectivity index (χ1n) is 10.9. The molecule has 35 heavy (non-hydrogen) atoms. The zero-order valence-electron chi connectivity index (χ0n) is 18.6. The molecule has 0 aliphatic carbocycles. The van der Waals surface area contributed by atoms with Crippen LogP contribution in [-0.2, 0) is 16.6 Å². The molecular formula is C24H23ClN4O5S. The molecule has 1 aliphatic rings. The van der Waals surface area contributed by atoms with Gasteiger partial charge in [-0.25, -0.2) is 8.42 Å². The van der Waals surface area contributed by atoms with Crippen molar-refractivity contribution in [2.24, 2.45) is 0 Å². The Morgan fingerprint density at radius 3 is 2.37 bits per heavy atom. The van der Waals surface area contributed by atoms with Gasteiger partial charge in [0, 0.05) is 50.4 Å². The number of halogens is 1. The number of sulfonamides is 1. The standard InChI is InChI=1S/C24H23ClN4O5S/c25-22-10-9-20(29(31)32)16-23(22)26-24(30)19-6-4-5-18(15-19)17-27-11-13-28(14-12-27)35(33,34)21-7-2-1-3-8-21/h1-10,15-16H,11-14,17H2,(H,26,30). The average Bonchev–Trinajstić information content (AvgIpc) is 2.86. The van der Waals surface area contributed by atoms with Crippen molar-refractivity contribution in [3.8, 4) is 0 Å². The van der Waals surface area contributed by atoms with Crippen molar-refractivity contribution in [1.29, 1.82) is 0 Å². The molecule has 0 spiro atoms. The number of piperazine rings is 1. The van der Waals surface area contributed by atoms with Gasteiger partial charge in [-0.2, -0.15) is 4.31 Å². The van der Waals surface area contributed by atoms with Crippen LogP contribution in [0.3, 0.4) is 0 Å². The van der Waals surface area contributed by atoms with Crippen LogP contribution in [0.5, 0.6) is 0 Å². The zero-order valence-corrected chi connectivity index (χ0v) is 20.2. The van der Waals surface area contributed by atoms with E-state index in [1.807, 2.05) is 6.07 Å². The number of nitrogens with one attached hydrogen (secondary N) is 1. The summed E-state index contributed by atoms with van der Waals surface area (Å²) in [4.78, 5) is 25.6. The number of nitrogens with zero attached hydrogens (tertiary/aromatic N) is 3. The van der Waals surface area contributed by atoms with E-state index in [2.05, 4.69) is 10.2 Å². The highest BCUT2D eigenvalue weighted by Crippen LogP contribution is 2.27. The zero-order chi connectivity index (χ0) is 25.0. The van der Waals surface area contributed by atoms with Crippen molar-refractivity contribution in [3.05, 3.63) is 99.1 Å². The highest BCUT2D eigenvalue weighted by molar-refractivity contribution is 7.89. The molecule has 1 fully saturated rings. The first kappa shape index (κ1) is 24.8. The van der Waals surface area contributed by atoms with Crippen molar-refractivity contribution in [2.75, 3.05) is 31.5 Å². The van der Waals surface area contributed by atoms with Crippen LogP contribution >= 0.6 is 11.6 Å². The number of nitro benzene ring substituents is 1. The molecule has 1 N–H and O–H groups in total. The number of benzene rings is 3. The predicted molar refractivity (Wildman–Crippen MR) is 133 cm³/mol. The van der Waals surface area contributed by atoms with Crippen molar-refractivity contribution in [2.45, 2.75) is 11.4 Å². The minimum absolute atomic E-state index is 0.159. The molecule has 0 atom stereocenters. The fourth-order valence-corrected chi connectivity index (χ4v) is 5.46. The second-order valence-electron chi connectivity index (χ2n) is 8.07. The maximum absolute atomic E-state index is 12.8. The minimum atomic E-state index is -3.52. The SMILES string of the molecule is O=C(Nc1cc([N+](=O)[O-])ccc1Cl)c1cccc(CN2CCN(S(=O)(=O)c3ccccc3)CC2)c1. The molecule has 3 aromatic rings. The van der Waals surface area contributed by atoms with Gasteiger partial charge < -0.3 is 5.32 Å². The van der Waals surface area contributed by atoms with Crippen LogP contribution in [0.25, 0.3) is 0 Å². The number of rotatable bonds is 7. The monoisotopic (exact) mass is 514 g/mol. The van der Waals surface area contributed by atoms with Gasteiger partial charge in [-0.1, -0.05) is 41.9 Å². The van der Waals surface area contributed by atoms with Gasteiger partial charge in [0.25, 0.3) is 11.6 Å². The molecule has 1 amide bonds. The van der Waals surface area contributed by atoms with Crippen molar-refractivity contribution in [3.63, 3.8) is 0 Å². The van der Waals surface area contributed by atoms with Gasteiger partial charge in [0.1, 0.15) is 0 Å². The molecule has 0 unspecified atom stereocenters. The van der Waals surface area contributed by atoms with Gasteiger partial charge in [-0.3, -0.25) is 19.8 Å². The molecule has 182 valence electrons. The van der Waals surface area contributed by atoms with E-state index in [1.54, 1.807) is 48.5 Å². The Bertz CT molecular complexity index is 1340. The number of carbonyl (C=O) groups is 1. The molecule has 1 aliphatic heterocycles. The quantitative estimate of drug-likeness (QED) is 0.376. The van der Waals surface area contributed by atoms with E-state index in [0.29, 0.717) is 38.3 Å². The summed E-state index contributed by atoms with van der Waals surface area (Å²) in [6.45, 7) is 2.43. The number of hydrogen-bond donors (Lipinski definition) is 1. The first-order valence-corrected chi connectivity index (χ1v) is 12.7. The fourth-order valence-electron chi connectivity index (χ4n) is 3.86. The second kappa shape index (κ2) is 10.5. The molecule has 3 aromatic carbocycles. The third-order valence-electron chi connectivity index (χ3n) is 5.72. The summed E-state index contributed by atoms with van der Waals surface area (Å²) in [6.07, 6.45) is 0. The largest absolute Gasteiger partial charge is 0.320 e. The summed E-state index contributed by atoms with van der Waals surface area (Å²) >= 11 is 6.08. The van der Waals surface area contributed by atoms with Gasteiger partial charge in [-0.05, 0) is 35.9 Å². The van der Waals surface area contributed by atoms with E-state index >= 15 is 0 Å². The van der Waals surface area contributed by atoms with Crippen LogP contribution in [0.1, 0.15) is 15.9 Å². The molecule has 0 saturated carbocycles. The van der Waals surface area contributed by atoms with E-state index in [1.165, 1.54) is 22.5 Å². The van der Waals surface area contributed by atoms with E-state index in [4.69, 9.17) is 11.6 Å². The van der Waals surface area contributed by atoms with Gasteiger partial charge in [0.15, 0.2) is 0 Å². The molecular weight excluding hydrogens is 492 g/mol. The topological polar surface area (TPSA) is 113 Å². The normalized spacial score (nSPS) is 15.0. The van der Waals surface area contributed by atoms with Crippen LogP contribution in [-0.4, -0.2) is 54.6 Å². The summed E-state index contributed by atoms with van der Waals surface area (Å²) in [5, 5.41) is 13.8. The lowest BCUT2D eigenvalue weighted by molar-refractivity contribution is -0.384. The van der Waals surface area contributed by atoms with Gasteiger partial charge >= 0.3 is 0 Å². The van der Waals surface area contributed by atoms with Crippen LogP contribution < -0.4 is 5.32 Å². The van der Waals surface area contributed by atoms with Crippen molar-refractivity contribution < 1.29 is 18.1 Å². The summed E-state index contributed by atoms with van der Waals surface area (Å²) in [5.41, 5.74) is 1.26. The molecule has 11 heteroatoms. The lowest BCUT2D eigenvalue weighted by atomic mass is 10.1. The molecule has 1 saturated heterocycles. The van der Waals surface area contributed by atoms with E-state index in [0.717, 1.165) is 5.56 Å². The summed E-state index contributed by atoms with van der Waals surface area (Å²) in [5.74, 6) is -0.437. The Labute approximate surface area is 208 Å². The van der Waals surface area contributed by atoms with E-state index in [-0.39, 0.29) is 21.3 Å². The molecule has 4 rings (SSSR count). The lowest BCUT2D eigenvalue weighted by Gasteiger charge is -2.34. The Morgan fingerprint density at radius 1 is 0.971 bits per heavy atom. The van der Waals surface area contributed by atoms with Gasteiger partial charge in [0.05, 0.1) is 20.5 Å². The minimum Gasteiger partial charge on any atom is -0.320 e. The van der Waals surface area contributed by atoms with E-state index in [9.17, 15) is 23.3 Å². The molecule has 0 radical (unpaired) electrons. The molecule has 0 aromatic heterocycles. The smallest absolute Gasteiger partial charge is 0.271 e. The van der Waals surface area contributed by atoms with Crippen molar-refractivity contribution in [1.82, 2.24) is 9.21 Å². The van der Waals surface area contributed by atoms with Crippen LogP contribution in [0.4, 0.5) is 11.4 Å². The summed E-state index contributed by atoms with van der Waals surface area (Å²) in [7, 11) is -3.52. The molecule has 0 bridgehead atoms. The lowest BCUT2D eigenvalue weighted by Crippen LogP contribution is -2.48. The second-order valence-corrected chi connectivity index (χ2v) is 10.4. The summed E-state index contributed by atoms with van der Waals surface area (Å²) in [6, 6.07) is 19.3. The predicted octanol–water partition coefficient (Wildman–Crippen LogP) is 4.01. The molecule has 1 heterocycles. The summed E-state index contributed by atoms with van der Waals surface area (Å²) < 4.78 is 27.1. The average molecular weight is 515 g/mol. The maximum atomic E-state index is 12.8. The highest BCUT2D eigenvalue weighted by Gasteiger charge is 2.28. The molecule has 9 nitrogen and oxygen atoms in total. The number of carbonyl (C=O) groups excluding carboxylic acids is 1. The van der Waals surface area contributed by atoms with Crippen LogP contribution in [0, 0.1) is 10.1 Å². The number of anilines is 1. The fraction of sp³-hybridized carbons (Fsp3) is 0.208.